The van der Waals surface area contributed by atoms with Crippen LogP contribution in [0, 0.1) is 0 Å². The molecule has 5 rings (SSSR count). The molecular weight excluding hydrogens is 350 g/mol. The summed E-state index contributed by atoms with van der Waals surface area (Å²) >= 11 is 0. The smallest absolute Gasteiger partial charge is 0.254 e. The zero-order valence-corrected chi connectivity index (χ0v) is 15.8. The van der Waals surface area contributed by atoms with Crippen molar-refractivity contribution < 1.29 is 0 Å². The maximum Gasteiger partial charge on any atom is 0.254 e. The van der Waals surface area contributed by atoms with E-state index in [2.05, 4.69) is 32.0 Å². The van der Waals surface area contributed by atoms with Gasteiger partial charge in [-0.05, 0) is 62.1 Å². The molecule has 1 saturated heterocycles. The average Bonchev–Trinajstić information content (AvgIpc) is 3.08. The van der Waals surface area contributed by atoms with Crippen LogP contribution in [0.1, 0.15) is 36.1 Å². The first kappa shape index (κ1) is 17.3. The highest BCUT2D eigenvalue weighted by molar-refractivity contribution is 5.54. The Balaban J connectivity index is 1.49. The van der Waals surface area contributed by atoms with E-state index in [1.165, 1.54) is 5.56 Å². The first-order chi connectivity index (χ1) is 13.7. The molecule has 1 spiro atoms. The topological polar surface area (TPSA) is 74.8 Å². The normalized spacial score (nSPS) is 21.7. The second-order valence-corrected chi connectivity index (χ2v) is 7.93. The lowest BCUT2D eigenvalue weighted by Gasteiger charge is -2.40. The molecule has 0 saturated carbocycles. The van der Waals surface area contributed by atoms with Gasteiger partial charge in [0.15, 0.2) is 0 Å². The summed E-state index contributed by atoms with van der Waals surface area (Å²) in [5.41, 5.74) is 4.00. The summed E-state index contributed by atoms with van der Waals surface area (Å²) < 4.78 is 0. The van der Waals surface area contributed by atoms with Crippen molar-refractivity contribution in [3.8, 4) is 11.4 Å². The second-order valence-electron chi connectivity index (χ2n) is 7.93. The third-order valence-electron chi connectivity index (χ3n) is 6.12. The molecule has 3 aromatic rings. The highest BCUT2D eigenvalue weighted by atomic mass is 16.1. The van der Waals surface area contributed by atoms with E-state index in [1.54, 1.807) is 12.4 Å². The molecule has 28 heavy (non-hydrogen) atoms. The molecule has 6 nitrogen and oxygen atoms in total. The molecule has 1 N–H and O–H groups in total. The van der Waals surface area contributed by atoms with Gasteiger partial charge in [0.25, 0.3) is 5.56 Å². The molecule has 1 atom stereocenters. The van der Waals surface area contributed by atoms with Gasteiger partial charge in [-0.1, -0.05) is 0 Å². The van der Waals surface area contributed by atoms with Gasteiger partial charge in [-0.3, -0.25) is 19.7 Å². The van der Waals surface area contributed by atoms with Crippen LogP contribution in [0.3, 0.4) is 0 Å². The Morgan fingerprint density at radius 1 is 1.11 bits per heavy atom. The molecule has 0 amide bonds. The van der Waals surface area contributed by atoms with Crippen LogP contribution in [0.2, 0.25) is 0 Å². The van der Waals surface area contributed by atoms with Gasteiger partial charge in [0.1, 0.15) is 5.82 Å². The van der Waals surface area contributed by atoms with Gasteiger partial charge in [-0.2, -0.15) is 0 Å². The van der Waals surface area contributed by atoms with Crippen LogP contribution in [0.4, 0.5) is 0 Å². The van der Waals surface area contributed by atoms with Gasteiger partial charge in [-0.25, -0.2) is 4.98 Å². The molecule has 1 fully saturated rings. The van der Waals surface area contributed by atoms with Crippen molar-refractivity contribution in [2.75, 3.05) is 13.1 Å². The van der Waals surface area contributed by atoms with Crippen molar-refractivity contribution in [2.24, 2.45) is 0 Å². The summed E-state index contributed by atoms with van der Waals surface area (Å²) in [6.07, 6.45) is 11.2. The third-order valence-corrected chi connectivity index (χ3v) is 6.12. The van der Waals surface area contributed by atoms with Crippen molar-refractivity contribution in [3.63, 3.8) is 0 Å². The van der Waals surface area contributed by atoms with Crippen LogP contribution in [0.5, 0.6) is 0 Å². The van der Waals surface area contributed by atoms with E-state index in [-0.39, 0.29) is 11.0 Å². The number of hydrogen-bond donors (Lipinski definition) is 1. The molecule has 2 aliphatic rings. The minimum atomic E-state index is -0.0220. The van der Waals surface area contributed by atoms with Crippen molar-refractivity contribution in [1.29, 1.82) is 0 Å². The van der Waals surface area contributed by atoms with Crippen LogP contribution in [-0.2, 0) is 18.4 Å². The van der Waals surface area contributed by atoms with Crippen LogP contribution in [0.25, 0.3) is 11.4 Å². The minimum Gasteiger partial charge on any atom is -0.306 e. The second kappa shape index (κ2) is 6.95. The van der Waals surface area contributed by atoms with Crippen molar-refractivity contribution in [3.05, 3.63) is 76.2 Å². The van der Waals surface area contributed by atoms with Crippen LogP contribution >= 0.6 is 0 Å². The summed E-state index contributed by atoms with van der Waals surface area (Å²) in [6.45, 7) is 2.95. The molecule has 3 aromatic heterocycles. The zero-order valence-electron chi connectivity index (χ0n) is 15.8. The van der Waals surface area contributed by atoms with Gasteiger partial charge in [0, 0.05) is 54.4 Å². The summed E-state index contributed by atoms with van der Waals surface area (Å²) in [4.78, 5) is 31.5. The minimum absolute atomic E-state index is 0.00647. The van der Waals surface area contributed by atoms with E-state index in [1.807, 2.05) is 24.5 Å². The Labute approximate surface area is 163 Å². The first-order valence-electron chi connectivity index (χ1n) is 9.89. The number of likely N-dealkylation sites (tertiary alicyclic amines) is 1. The monoisotopic (exact) mass is 373 g/mol. The number of rotatable bonds is 3. The van der Waals surface area contributed by atoms with Crippen LogP contribution < -0.4 is 5.56 Å². The predicted octanol–water partition coefficient (Wildman–Crippen LogP) is 2.71. The first-order valence-corrected chi connectivity index (χ1v) is 9.89. The lowest BCUT2D eigenvalue weighted by atomic mass is 9.77. The van der Waals surface area contributed by atoms with Gasteiger partial charge < -0.3 is 4.98 Å². The summed E-state index contributed by atoms with van der Waals surface area (Å²) in [5, 5.41) is 0. The van der Waals surface area contributed by atoms with Crippen molar-refractivity contribution >= 4 is 0 Å². The number of H-pyrrole nitrogens is 1. The quantitative estimate of drug-likeness (QED) is 0.764. The lowest BCUT2D eigenvalue weighted by molar-refractivity contribution is 0.137. The molecule has 1 unspecified atom stereocenters. The fourth-order valence-electron chi connectivity index (χ4n) is 4.80. The van der Waals surface area contributed by atoms with E-state index in [0.717, 1.165) is 62.1 Å². The largest absolute Gasteiger partial charge is 0.306 e. The fourth-order valence-corrected chi connectivity index (χ4v) is 4.80. The number of aromatic amines is 1. The Morgan fingerprint density at radius 3 is 2.82 bits per heavy atom. The summed E-state index contributed by atoms with van der Waals surface area (Å²) in [7, 11) is 0. The molecule has 0 radical (unpaired) electrons. The van der Waals surface area contributed by atoms with E-state index in [0.29, 0.717) is 5.82 Å². The Kier molecular flexibility index (Phi) is 4.28. The zero-order chi connectivity index (χ0) is 19.0. The number of nitrogens with zero attached hydrogens (tertiary/aromatic N) is 4. The van der Waals surface area contributed by atoms with Crippen LogP contribution in [0.15, 0.2) is 53.8 Å². The van der Waals surface area contributed by atoms with Crippen LogP contribution in [-0.4, -0.2) is 37.9 Å². The van der Waals surface area contributed by atoms with Crippen molar-refractivity contribution in [1.82, 2.24) is 24.8 Å². The molecule has 1 aliphatic heterocycles. The molecule has 4 heterocycles. The summed E-state index contributed by atoms with van der Waals surface area (Å²) in [6, 6.07) is 7.96. The Bertz CT molecular complexity index is 1030. The SMILES string of the molecule is O=c1[nH]c(-c2cccnc2)nc2c1CCC21CCCN(Cc2ccncc2)C1. The molecule has 6 heteroatoms. The number of nitrogens with one attached hydrogen (secondary N) is 1. The number of piperidine rings is 1. The molecule has 0 aromatic carbocycles. The number of aromatic nitrogens is 4. The Hall–Kier alpha value is -2.86. The van der Waals surface area contributed by atoms with E-state index in [9.17, 15) is 4.79 Å². The van der Waals surface area contributed by atoms with E-state index < -0.39 is 0 Å². The molecular formula is C22H23N5O. The van der Waals surface area contributed by atoms with E-state index in [4.69, 9.17) is 4.98 Å². The molecule has 1 aliphatic carbocycles. The number of pyridine rings is 2. The average molecular weight is 373 g/mol. The van der Waals surface area contributed by atoms with Gasteiger partial charge in [-0.15, -0.1) is 0 Å². The maximum absolute atomic E-state index is 12.8. The number of hydrogen-bond acceptors (Lipinski definition) is 5. The van der Waals surface area contributed by atoms with Gasteiger partial charge in [0.2, 0.25) is 0 Å². The molecule has 142 valence electrons. The summed E-state index contributed by atoms with van der Waals surface area (Å²) in [5.74, 6) is 0.629. The van der Waals surface area contributed by atoms with Gasteiger partial charge >= 0.3 is 0 Å². The highest BCUT2D eigenvalue weighted by Gasteiger charge is 2.44. The van der Waals surface area contributed by atoms with Gasteiger partial charge in [0.05, 0.1) is 5.69 Å². The fraction of sp³-hybridized carbons (Fsp3) is 0.364. The van der Waals surface area contributed by atoms with E-state index >= 15 is 0 Å². The third kappa shape index (κ3) is 3.03. The predicted molar refractivity (Wildman–Crippen MR) is 107 cm³/mol. The standard InChI is InChI=1S/C22H23N5O/c28-21-18-4-8-22(19(18)25-20(26-21)17-3-1-9-24-13-17)7-2-12-27(15-22)14-16-5-10-23-11-6-16/h1,3,5-6,9-11,13H,2,4,7-8,12,14-15H2,(H,25,26,28). The Morgan fingerprint density at radius 2 is 2.00 bits per heavy atom. The molecule has 0 bridgehead atoms. The number of fused-ring (bicyclic) bond motifs is 2. The maximum atomic E-state index is 12.8. The highest BCUT2D eigenvalue weighted by Crippen LogP contribution is 2.43. The lowest BCUT2D eigenvalue weighted by Crippen LogP contribution is -2.45. The van der Waals surface area contributed by atoms with Crippen molar-refractivity contribution in [2.45, 2.75) is 37.6 Å².